The topological polar surface area (TPSA) is 51.2 Å². The van der Waals surface area contributed by atoms with Gasteiger partial charge in [0.1, 0.15) is 10.8 Å². The lowest BCUT2D eigenvalue weighted by molar-refractivity contribution is -0.116. The van der Waals surface area contributed by atoms with Gasteiger partial charge in [0.25, 0.3) is 0 Å². The third-order valence-electron chi connectivity index (χ3n) is 3.66. The fourth-order valence-electron chi connectivity index (χ4n) is 2.44. The Balaban J connectivity index is 1.57. The van der Waals surface area contributed by atoms with E-state index in [0.717, 1.165) is 27.6 Å². The van der Waals surface area contributed by atoms with Crippen molar-refractivity contribution < 1.29 is 9.53 Å². The summed E-state index contributed by atoms with van der Waals surface area (Å²) in [4.78, 5) is 16.4. The summed E-state index contributed by atoms with van der Waals surface area (Å²) in [5.74, 6) is 0.806. The van der Waals surface area contributed by atoms with Gasteiger partial charge in [0.05, 0.1) is 7.11 Å². The number of carbonyl (C=O) groups excluding carboxylic acids is 1. The Morgan fingerprint density at radius 3 is 2.67 bits per heavy atom. The summed E-state index contributed by atoms with van der Waals surface area (Å²) in [5, 5.41) is 5.85. The summed E-state index contributed by atoms with van der Waals surface area (Å²) < 4.78 is 5.31. The molecule has 2 aromatic carbocycles. The van der Waals surface area contributed by atoms with Crippen LogP contribution in [0.4, 0.5) is 5.69 Å². The predicted molar refractivity (Wildman–Crippen MR) is 97.5 cm³/mol. The molecule has 0 saturated carbocycles. The van der Waals surface area contributed by atoms with Crippen molar-refractivity contribution in [2.45, 2.75) is 12.8 Å². The van der Waals surface area contributed by atoms with Crippen molar-refractivity contribution in [3.63, 3.8) is 0 Å². The number of aromatic nitrogens is 1. The molecule has 1 N–H and O–H groups in total. The molecule has 5 heteroatoms. The number of anilines is 1. The molecule has 0 atom stereocenters. The van der Waals surface area contributed by atoms with Crippen LogP contribution in [0.1, 0.15) is 12.0 Å². The van der Waals surface area contributed by atoms with E-state index >= 15 is 0 Å². The normalized spacial score (nSPS) is 10.4. The Labute approximate surface area is 145 Å². The first kappa shape index (κ1) is 16.2. The molecule has 0 aliphatic carbocycles. The van der Waals surface area contributed by atoms with Gasteiger partial charge in [-0.25, -0.2) is 4.98 Å². The largest absolute Gasteiger partial charge is 0.496 e. The number of nitrogens with zero attached hydrogens (tertiary/aromatic N) is 1. The molecule has 0 aliphatic heterocycles. The summed E-state index contributed by atoms with van der Waals surface area (Å²) >= 11 is 1.59. The highest BCUT2D eigenvalue weighted by Gasteiger charge is 2.07. The van der Waals surface area contributed by atoms with Gasteiger partial charge in [-0.05, 0) is 42.3 Å². The first-order valence-corrected chi connectivity index (χ1v) is 8.56. The zero-order valence-corrected chi connectivity index (χ0v) is 14.2. The van der Waals surface area contributed by atoms with Crippen molar-refractivity contribution in [1.82, 2.24) is 4.98 Å². The number of para-hydroxylation sites is 1. The Morgan fingerprint density at radius 2 is 1.96 bits per heavy atom. The first-order chi connectivity index (χ1) is 11.8. The van der Waals surface area contributed by atoms with Crippen LogP contribution >= 0.6 is 11.3 Å². The van der Waals surface area contributed by atoms with Gasteiger partial charge >= 0.3 is 0 Å². The van der Waals surface area contributed by atoms with Crippen LogP contribution in [-0.2, 0) is 11.2 Å². The molecule has 3 aromatic rings. The third kappa shape index (κ3) is 4.00. The Morgan fingerprint density at radius 1 is 1.17 bits per heavy atom. The molecule has 0 bridgehead atoms. The molecule has 0 aliphatic rings. The average Bonchev–Trinajstić information content (AvgIpc) is 3.15. The average molecular weight is 338 g/mol. The minimum absolute atomic E-state index is 0.0112. The summed E-state index contributed by atoms with van der Waals surface area (Å²) in [6.07, 6.45) is 2.84. The Kier molecular flexibility index (Phi) is 5.23. The maximum Gasteiger partial charge on any atom is 0.224 e. The number of hydrogen-bond donors (Lipinski definition) is 1. The molecule has 0 unspecified atom stereocenters. The SMILES string of the molecule is COc1ccccc1CCC(=O)Nc1ccc(-c2nccs2)cc1. The third-order valence-corrected chi connectivity index (χ3v) is 4.48. The molecular weight excluding hydrogens is 320 g/mol. The summed E-state index contributed by atoms with van der Waals surface area (Å²) in [5.41, 5.74) is 2.88. The zero-order valence-electron chi connectivity index (χ0n) is 13.4. The van der Waals surface area contributed by atoms with Gasteiger partial charge in [-0.3, -0.25) is 4.79 Å². The highest BCUT2D eigenvalue weighted by Crippen LogP contribution is 2.23. The van der Waals surface area contributed by atoms with Gasteiger partial charge in [0.2, 0.25) is 5.91 Å². The fraction of sp³-hybridized carbons (Fsp3) is 0.158. The molecule has 1 amide bonds. The number of nitrogens with one attached hydrogen (secondary N) is 1. The van der Waals surface area contributed by atoms with Gasteiger partial charge in [0.15, 0.2) is 0 Å². The van der Waals surface area contributed by atoms with Gasteiger partial charge in [-0.15, -0.1) is 11.3 Å². The second-order valence-corrected chi connectivity index (χ2v) is 6.17. The Bertz CT molecular complexity index is 798. The van der Waals surface area contributed by atoms with E-state index in [9.17, 15) is 4.79 Å². The second kappa shape index (κ2) is 7.75. The monoisotopic (exact) mass is 338 g/mol. The van der Waals surface area contributed by atoms with Crippen LogP contribution in [0.5, 0.6) is 5.75 Å². The van der Waals surface area contributed by atoms with Gasteiger partial charge in [0, 0.05) is 29.2 Å². The second-order valence-electron chi connectivity index (χ2n) is 5.27. The highest BCUT2D eigenvalue weighted by molar-refractivity contribution is 7.13. The molecule has 1 heterocycles. The van der Waals surface area contributed by atoms with E-state index in [1.165, 1.54) is 0 Å². The maximum absolute atomic E-state index is 12.1. The predicted octanol–water partition coefficient (Wildman–Crippen LogP) is 4.39. The van der Waals surface area contributed by atoms with Crippen molar-refractivity contribution in [3.8, 4) is 16.3 Å². The fourth-order valence-corrected chi connectivity index (χ4v) is 3.09. The molecule has 3 rings (SSSR count). The molecule has 4 nitrogen and oxygen atoms in total. The van der Waals surface area contributed by atoms with Crippen LogP contribution in [0, 0.1) is 0 Å². The standard InChI is InChI=1S/C19H18N2O2S/c1-23-17-5-3-2-4-14(17)8-11-18(22)21-16-9-6-15(7-10-16)19-20-12-13-24-19/h2-7,9-10,12-13H,8,11H2,1H3,(H,21,22). The van der Waals surface area contributed by atoms with Crippen molar-refractivity contribution in [2.24, 2.45) is 0 Å². The van der Waals surface area contributed by atoms with Gasteiger partial charge in [-0.2, -0.15) is 0 Å². The van der Waals surface area contributed by atoms with Gasteiger partial charge < -0.3 is 10.1 Å². The van der Waals surface area contributed by atoms with Crippen molar-refractivity contribution >= 4 is 22.9 Å². The number of benzene rings is 2. The lowest BCUT2D eigenvalue weighted by atomic mass is 10.1. The molecular formula is C19H18N2O2S. The van der Waals surface area contributed by atoms with E-state index in [1.807, 2.05) is 53.9 Å². The number of methoxy groups -OCH3 is 1. The van der Waals surface area contributed by atoms with E-state index in [2.05, 4.69) is 10.3 Å². The zero-order chi connectivity index (χ0) is 16.8. The summed E-state index contributed by atoms with van der Waals surface area (Å²) in [6.45, 7) is 0. The number of carbonyl (C=O) groups is 1. The molecule has 24 heavy (non-hydrogen) atoms. The molecule has 0 saturated heterocycles. The maximum atomic E-state index is 12.1. The molecule has 0 fully saturated rings. The van der Waals surface area contributed by atoms with Gasteiger partial charge in [-0.1, -0.05) is 18.2 Å². The van der Waals surface area contributed by atoms with Crippen LogP contribution in [0.25, 0.3) is 10.6 Å². The number of ether oxygens (including phenoxy) is 1. The van der Waals surface area contributed by atoms with Crippen LogP contribution in [-0.4, -0.2) is 18.0 Å². The lowest BCUT2D eigenvalue weighted by Crippen LogP contribution is -2.12. The van der Waals surface area contributed by atoms with E-state index in [-0.39, 0.29) is 5.91 Å². The van der Waals surface area contributed by atoms with Crippen molar-refractivity contribution in [2.75, 3.05) is 12.4 Å². The number of aryl methyl sites for hydroxylation is 1. The van der Waals surface area contributed by atoms with E-state index < -0.39 is 0 Å². The highest BCUT2D eigenvalue weighted by atomic mass is 32.1. The smallest absolute Gasteiger partial charge is 0.224 e. The van der Waals surface area contributed by atoms with Crippen molar-refractivity contribution in [3.05, 3.63) is 65.7 Å². The summed E-state index contributed by atoms with van der Waals surface area (Å²) in [6, 6.07) is 15.5. The van der Waals surface area contributed by atoms with E-state index in [4.69, 9.17) is 4.74 Å². The molecule has 122 valence electrons. The minimum Gasteiger partial charge on any atom is -0.496 e. The first-order valence-electron chi connectivity index (χ1n) is 7.68. The molecule has 0 spiro atoms. The number of rotatable bonds is 6. The van der Waals surface area contributed by atoms with Crippen LogP contribution in [0.2, 0.25) is 0 Å². The number of thiazole rings is 1. The summed E-state index contributed by atoms with van der Waals surface area (Å²) in [7, 11) is 1.64. The Hall–Kier alpha value is -2.66. The van der Waals surface area contributed by atoms with E-state index in [1.54, 1.807) is 24.6 Å². The minimum atomic E-state index is -0.0112. The van der Waals surface area contributed by atoms with Crippen LogP contribution in [0.3, 0.4) is 0 Å². The van der Waals surface area contributed by atoms with Crippen LogP contribution < -0.4 is 10.1 Å². The lowest BCUT2D eigenvalue weighted by Gasteiger charge is -2.09. The number of hydrogen-bond acceptors (Lipinski definition) is 4. The van der Waals surface area contributed by atoms with Crippen LogP contribution in [0.15, 0.2) is 60.1 Å². The molecule has 1 aromatic heterocycles. The van der Waals surface area contributed by atoms with Crippen molar-refractivity contribution in [1.29, 1.82) is 0 Å². The quantitative estimate of drug-likeness (QED) is 0.725. The molecule has 0 radical (unpaired) electrons. The number of amides is 1. The van der Waals surface area contributed by atoms with E-state index in [0.29, 0.717) is 12.8 Å².